The number of hydrogen-bond donors (Lipinski definition) is 2. The monoisotopic (exact) mass is 396 g/mol. The lowest BCUT2D eigenvalue weighted by atomic mass is 10.2. The van der Waals surface area contributed by atoms with Crippen LogP contribution in [-0.4, -0.2) is 17.6 Å². The molecule has 0 fully saturated rings. The molecule has 0 spiro atoms. The summed E-state index contributed by atoms with van der Waals surface area (Å²) in [6, 6.07) is 11.9. The standard InChI is InChI=1S/C18H18Cl2N2O2S/c1-2-3-7-24-16-6-4-5-12(8-16)17(23)22-18(25)21-15-10-13(19)9-14(20)11-15/h4-6,8-11H,2-3,7H2,1H3,(H2,21,22,23,25). The van der Waals surface area contributed by atoms with Gasteiger partial charge < -0.3 is 10.1 Å². The number of nitrogens with one attached hydrogen (secondary N) is 2. The molecule has 2 aromatic rings. The van der Waals surface area contributed by atoms with Gasteiger partial charge in [-0.2, -0.15) is 0 Å². The Morgan fingerprint density at radius 2 is 1.88 bits per heavy atom. The van der Waals surface area contributed by atoms with Gasteiger partial charge in [-0.05, 0) is 55.0 Å². The number of rotatable bonds is 6. The predicted molar refractivity (Wildman–Crippen MR) is 107 cm³/mol. The van der Waals surface area contributed by atoms with Crippen molar-refractivity contribution in [3.63, 3.8) is 0 Å². The molecule has 1 amide bonds. The predicted octanol–water partition coefficient (Wildman–Crippen LogP) is 5.30. The van der Waals surface area contributed by atoms with Crippen molar-refractivity contribution in [2.75, 3.05) is 11.9 Å². The molecule has 0 heterocycles. The number of halogens is 2. The first kappa shape index (κ1) is 19.5. The average Bonchev–Trinajstić information content (AvgIpc) is 2.54. The topological polar surface area (TPSA) is 50.4 Å². The van der Waals surface area contributed by atoms with Gasteiger partial charge in [0.05, 0.1) is 6.61 Å². The fourth-order valence-corrected chi connectivity index (χ4v) is 2.76. The van der Waals surface area contributed by atoms with Crippen LogP contribution in [0.5, 0.6) is 5.75 Å². The van der Waals surface area contributed by atoms with E-state index in [4.69, 9.17) is 40.2 Å². The van der Waals surface area contributed by atoms with Crippen molar-refractivity contribution in [1.29, 1.82) is 0 Å². The van der Waals surface area contributed by atoms with E-state index < -0.39 is 0 Å². The molecule has 0 aliphatic heterocycles. The summed E-state index contributed by atoms with van der Waals surface area (Å²) in [7, 11) is 0. The SMILES string of the molecule is CCCCOc1cccc(C(=O)NC(=S)Nc2cc(Cl)cc(Cl)c2)c1. The number of benzene rings is 2. The second-order valence-corrected chi connectivity index (χ2v) is 6.58. The molecule has 0 atom stereocenters. The van der Waals surface area contributed by atoms with Gasteiger partial charge in [0, 0.05) is 21.3 Å². The second kappa shape index (κ2) is 9.61. The summed E-state index contributed by atoms with van der Waals surface area (Å²) in [5, 5.41) is 6.60. The summed E-state index contributed by atoms with van der Waals surface area (Å²) >= 11 is 17.0. The highest BCUT2D eigenvalue weighted by molar-refractivity contribution is 7.80. The minimum Gasteiger partial charge on any atom is -0.494 e. The molecular weight excluding hydrogens is 379 g/mol. The molecular formula is C18H18Cl2N2O2S. The van der Waals surface area contributed by atoms with Gasteiger partial charge in [0.2, 0.25) is 0 Å². The van der Waals surface area contributed by atoms with Crippen molar-refractivity contribution in [2.45, 2.75) is 19.8 Å². The van der Waals surface area contributed by atoms with Crippen LogP contribution in [0.1, 0.15) is 30.1 Å². The van der Waals surface area contributed by atoms with Gasteiger partial charge in [-0.1, -0.05) is 42.6 Å². The van der Waals surface area contributed by atoms with E-state index in [1.54, 1.807) is 36.4 Å². The van der Waals surface area contributed by atoms with Crippen molar-refractivity contribution in [1.82, 2.24) is 5.32 Å². The molecule has 2 aromatic carbocycles. The lowest BCUT2D eigenvalue weighted by Gasteiger charge is -2.11. The highest BCUT2D eigenvalue weighted by Gasteiger charge is 2.09. The van der Waals surface area contributed by atoms with E-state index in [9.17, 15) is 4.79 Å². The van der Waals surface area contributed by atoms with E-state index >= 15 is 0 Å². The minimum atomic E-state index is -0.327. The molecule has 0 saturated heterocycles. The third-order valence-corrected chi connectivity index (χ3v) is 3.85. The molecule has 0 saturated carbocycles. The van der Waals surface area contributed by atoms with Crippen LogP contribution in [0.25, 0.3) is 0 Å². The Bertz CT molecular complexity index is 748. The number of carbonyl (C=O) groups is 1. The maximum absolute atomic E-state index is 12.3. The number of anilines is 1. The molecule has 2 N–H and O–H groups in total. The molecule has 0 bridgehead atoms. The Hall–Kier alpha value is -1.82. The molecule has 0 aliphatic carbocycles. The zero-order chi connectivity index (χ0) is 18.2. The molecule has 132 valence electrons. The van der Waals surface area contributed by atoms with Crippen molar-refractivity contribution in [3.8, 4) is 5.75 Å². The van der Waals surface area contributed by atoms with Gasteiger partial charge in [-0.25, -0.2) is 0 Å². The second-order valence-electron chi connectivity index (χ2n) is 5.30. The van der Waals surface area contributed by atoms with Crippen molar-refractivity contribution in [3.05, 3.63) is 58.1 Å². The fraction of sp³-hybridized carbons (Fsp3) is 0.222. The maximum atomic E-state index is 12.3. The molecule has 0 unspecified atom stereocenters. The molecule has 7 heteroatoms. The summed E-state index contributed by atoms with van der Waals surface area (Å²) < 4.78 is 5.61. The van der Waals surface area contributed by atoms with Crippen LogP contribution in [0, 0.1) is 0 Å². The van der Waals surface area contributed by atoms with Crippen LogP contribution in [0.2, 0.25) is 10.0 Å². The fourth-order valence-electron chi connectivity index (χ4n) is 2.03. The first-order valence-corrected chi connectivity index (χ1v) is 8.95. The summed E-state index contributed by atoms with van der Waals surface area (Å²) in [4.78, 5) is 12.3. The van der Waals surface area contributed by atoms with Crippen molar-refractivity contribution in [2.24, 2.45) is 0 Å². The van der Waals surface area contributed by atoms with Crippen LogP contribution < -0.4 is 15.4 Å². The Balaban J connectivity index is 1.96. The Morgan fingerprint density at radius 1 is 1.16 bits per heavy atom. The quantitative estimate of drug-likeness (QED) is 0.513. The molecule has 0 aromatic heterocycles. The van der Waals surface area contributed by atoms with E-state index in [0.29, 0.717) is 33.7 Å². The van der Waals surface area contributed by atoms with Gasteiger partial charge in [-0.3, -0.25) is 10.1 Å². The summed E-state index contributed by atoms with van der Waals surface area (Å²) in [5.41, 5.74) is 1.06. The number of ether oxygens (including phenoxy) is 1. The first-order chi connectivity index (χ1) is 12.0. The van der Waals surface area contributed by atoms with Crippen LogP contribution in [0.4, 0.5) is 5.69 Å². The third kappa shape index (κ3) is 6.53. The molecule has 4 nitrogen and oxygen atoms in total. The molecule has 25 heavy (non-hydrogen) atoms. The van der Waals surface area contributed by atoms with E-state index in [-0.39, 0.29) is 11.0 Å². The Kier molecular flexibility index (Phi) is 7.50. The van der Waals surface area contributed by atoms with E-state index in [1.165, 1.54) is 0 Å². The number of carbonyl (C=O) groups excluding carboxylic acids is 1. The molecule has 2 rings (SSSR count). The zero-order valence-electron chi connectivity index (χ0n) is 13.6. The van der Waals surface area contributed by atoms with Gasteiger partial charge >= 0.3 is 0 Å². The smallest absolute Gasteiger partial charge is 0.257 e. The van der Waals surface area contributed by atoms with Gasteiger partial charge in [0.1, 0.15) is 5.75 Å². The average molecular weight is 397 g/mol. The largest absolute Gasteiger partial charge is 0.494 e. The van der Waals surface area contributed by atoms with Crippen LogP contribution in [0.15, 0.2) is 42.5 Å². The van der Waals surface area contributed by atoms with Crippen LogP contribution in [0.3, 0.4) is 0 Å². The number of hydrogen-bond acceptors (Lipinski definition) is 3. The third-order valence-electron chi connectivity index (χ3n) is 3.21. The van der Waals surface area contributed by atoms with Gasteiger partial charge in [0.15, 0.2) is 5.11 Å². The zero-order valence-corrected chi connectivity index (χ0v) is 16.0. The van der Waals surface area contributed by atoms with Gasteiger partial charge in [-0.15, -0.1) is 0 Å². The van der Waals surface area contributed by atoms with E-state index in [1.807, 2.05) is 6.07 Å². The molecule has 0 radical (unpaired) electrons. The number of unbranched alkanes of at least 4 members (excludes halogenated alkanes) is 1. The minimum absolute atomic E-state index is 0.153. The van der Waals surface area contributed by atoms with E-state index in [2.05, 4.69) is 17.6 Å². The van der Waals surface area contributed by atoms with E-state index in [0.717, 1.165) is 12.8 Å². The highest BCUT2D eigenvalue weighted by atomic mass is 35.5. The first-order valence-electron chi connectivity index (χ1n) is 7.79. The van der Waals surface area contributed by atoms with Crippen LogP contribution in [-0.2, 0) is 0 Å². The normalized spacial score (nSPS) is 10.2. The summed E-state index contributed by atoms with van der Waals surface area (Å²) in [6.45, 7) is 2.71. The summed E-state index contributed by atoms with van der Waals surface area (Å²) in [5.74, 6) is 0.327. The number of amides is 1. The maximum Gasteiger partial charge on any atom is 0.257 e. The van der Waals surface area contributed by atoms with Crippen molar-refractivity contribution >= 4 is 52.1 Å². The molecule has 0 aliphatic rings. The summed E-state index contributed by atoms with van der Waals surface area (Å²) in [6.07, 6.45) is 2.01. The number of thiocarbonyl (C=S) groups is 1. The Labute approximate surface area is 162 Å². The highest BCUT2D eigenvalue weighted by Crippen LogP contribution is 2.22. The van der Waals surface area contributed by atoms with Crippen molar-refractivity contribution < 1.29 is 9.53 Å². The van der Waals surface area contributed by atoms with Gasteiger partial charge in [0.25, 0.3) is 5.91 Å². The lowest BCUT2D eigenvalue weighted by molar-refractivity contribution is 0.0977. The Morgan fingerprint density at radius 3 is 2.56 bits per heavy atom. The van der Waals surface area contributed by atoms with Crippen LogP contribution >= 0.6 is 35.4 Å². The lowest BCUT2D eigenvalue weighted by Crippen LogP contribution is -2.34.